The van der Waals surface area contributed by atoms with Gasteiger partial charge < -0.3 is 14.8 Å². The van der Waals surface area contributed by atoms with Crippen molar-refractivity contribution >= 4 is 5.97 Å². The lowest BCUT2D eigenvalue weighted by Crippen LogP contribution is -2.09. The fourth-order valence-electron chi connectivity index (χ4n) is 2.48. The van der Waals surface area contributed by atoms with Crippen molar-refractivity contribution in [2.45, 2.75) is 32.3 Å². The second-order valence-electron chi connectivity index (χ2n) is 5.08. The van der Waals surface area contributed by atoms with Gasteiger partial charge in [0.2, 0.25) is 0 Å². The van der Waals surface area contributed by atoms with Gasteiger partial charge in [0.25, 0.3) is 0 Å². The van der Waals surface area contributed by atoms with Gasteiger partial charge >= 0.3 is 5.97 Å². The number of benzene rings is 1. The molecule has 0 spiro atoms. The van der Waals surface area contributed by atoms with Gasteiger partial charge in [0.1, 0.15) is 24.1 Å². The summed E-state index contributed by atoms with van der Waals surface area (Å²) in [5.41, 5.74) is 2.78. The number of carbonyl (C=O) groups is 1. The zero-order valence-electron chi connectivity index (χ0n) is 11.2. The molecule has 0 fully saturated rings. The highest BCUT2D eigenvalue weighted by Crippen LogP contribution is 2.31. The van der Waals surface area contributed by atoms with Crippen LogP contribution in [-0.2, 0) is 17.8 Å². The fraction of sp³-hybridized carbons (Fsp3) is 0.333. The number of nitrogens with one attached hydrogen (secondary N) is 1. The molecule has 1 aromatic heterocycles. The first-order valence-electron chi connectivity index (χ1n) is 6.63. The Morgan fingerprint density at radius 2 is 2.20 bits per heavy atom. The van der Waals surface area contributed by atoms with E-state index in [0.717, 1.165) is 17.9 Å². The van der Waals surface area contributed by atoms with E-state index in [9.17, 15) is 4.79 Å². The molecule has 20 heavy (non-hydrogen) atoms. The second-order valence-corrected chi connectivity index (χ2v) is 5.08. The van der Waals surface area contributed by atoms with Gasteiger partial charge in [-0.1, -0.05) is 17.7 Å². The molecule has 1 heterocycles. The molecule has 2 N–H and O–H groups in total. The Balaban J connectivity index is 1.69. The summed E-state index contributed by atoms with van der Waals surface area (Å²) >= 11 is 0. The van der Waals surface area contributed by atoms with Gasteiger partial charge in [-0.3, -0.25) is 4.79 Å². The number of hydrogen-bond donors (Lipinski definition) is 2. The van der Waals surface area contributed by atoms with Gasteiger partial charge in [0.05, 0.1) is 5.69 Å². The first kappa shape index (κ1) is 12.7. The van der Waals surface area contributed by atoms with E-state index in [1.807, 2.05) is 31.2 Å². The van der Waals surface area contributed by atoms with Gasteiger partial charge in [-0.15, -0.1) is 0 Å². The summed E-state index contributed by atoms with van der Waals surface area (Å²) in [7, 11) is 0. The minimum Gasteiger partial charge on any atom is -0.486 e. The van der Waals surface area contributed by atoms with E-state index in [-0.39, 0.29) is 0 Å². The highest BCUT2D eigenvalue weighted by molar-refractivity contribution is 5.76. The van der Waals surface area contributed by atoms with Crippen LogP contribution in [0.2, 0.25) is 0 Å². The maximum atomic E-state index is 11.1. The number of imidazole rings is 1. The molecule has 0 radical (unpaired) electrons. The summed E-state index contributed by atoms with van der Waals surface area (Å²) < 4.78 is 5.64. The quantitative estimate of drug-likeness (QED) is 0.896. The van der Waals surface area contributed by atoms with Crippen LogP contribution in [0.15, 0.2) is 24.3 Å². The SMILES string of the molecule is Cc1ccc(OCc2nc3c([nH]2)CCC3C(=O)O)cc1. The number of fused-ring (bicyclic) bond motifs is 1. The minimum absolute atomic E-state index is 0.322. The number of ether oxygens (including phenoxy) is 1. The molecule has 1 unspecified atom stereocenters. The Morgan fingerprint density at radius 3 is 2.90 bits per heavy atom. The molecule has 3 rings (SSSR count). The molecule has 5 heteroatoms. The van der Waals surface area contributed by atoms with Gasteiger partial charge in [-0.05, 0) is 31.9 Å². The van der Waals surface area contributed by atoms with E-state index in [4.69, 9.17) is 9.84 Å². The van der Waals surface area contributed by atoms with Crippen molar-refractivity contribution in [2.24, 2.45) is 0 Å². The zero-order chi connectivity index (χ0) is 14.1. The van der Waals surface area contributed by atoms with Crippen LogP contribution in [0.25, 0.3) is 0 Å². The Bertz CT molecular complexity index is 631. The van der Waals surface area contributed by atoms with Crippen LogP contribution in [0.3, 0.4) is 0 Å². The number of carboxylic acids is 1. The van der Waals surface area contributed by atoms with Crippen molar-refractivity contribution in [3.05, 3.63) is 47.0 Å². The highest BCUT2D eigenvalue weighted by Gasteiger charge is 2.32. The number of nitrogens with zero attached hydrogens (tertiary/aromatic N) is 1. The van der Waals surface area contributed by atoms with Crippen LogP contribution >= 0.6 is 0 Å². The number of hydrogen-bond acceptors (Lipinski definition) is 3. The van der Waals surface area contributed by atoms with Gasteiger partial charge in [0.15, 0.2) is 0 Å². The molecule has 0 saturated carbocycles. The molecule has 0 amide bonds. The standard InChI is InChI=1S/C15H16N2O3/c1-9-2-4-10(5-3-9)20-8-13-16-12-7-6-11(15(18)19)14(12)17-13/h2-5,11H,6-8H2,1H3,(H,16,17)(H,18,19). The van der Waals surface area contributed by atoms with Gasteiger partial charge in [0, 0.05) is 5.69 Å². The summed E-state index contributed by atoms with van der Waals surface area (Å²) in [6.45, 7) is 2.34. The van der Waals surface area contributed by atoms with Crippen molar-refractivity contribution in [1.82, 2.24) is 9.97 Å². The largest absolute Gasteiger partial charge is 0.486 e. The smallest absolute Gasteiger partial charge is 0.312 e. The summed E-state index contributed by atoms with van der Waals surface area (Å²) in [6, 6.07) is 7.79. The Labute approximate surface area is 116 Å². The van der Waals surface area contributed by atoms with Crippen LogP contribution in [0.4, 0.5) is 0 Å². The van der Waals surface area contributed by atoms with E-state index in [0.29, 0.717) is 24.5 Å². The maximum absolute atomic E-state index is 11.1. The summed E-state index contributed by atoms with van der Waals surface area (Å²) in [4.78, 5) is 18.6. The fourth-order valence-corrected chi connectivity index (χ4v) is 2.48. The first-order valence-corrected chi connectivity index (χ1v) is 6.63. The lowest BCUT2D eigenvalue weighted by atomic mass is 10.1. The Kier molecular flexibility index (Phi) is 3.18. The van der Waals surface area contributed by atoms with E-state index >= 15 is 0 Å². The Morgan fingerprint density at radius 1 is 1.45 bits per heavy atom. The van der Waals surface area contributed by atoms with Crippen molar-refractivity contribution < 1.29 is 14.6 Å². The minimum atomic E-state index is -0.804. The molecule has 1 aliphatic rings. The lowest BCUT2D eigenvalue weighted by molar-refractivity contribution is -0.138. The number of aromatic amines is 1. The topological polar surface area (TPSA) is 75.2 Å². The number of aryl methyl sites for hydroxylation is 2. The molecule has 0 aliphatic heterocycles. The van der Waals surface area contributed by atoms with Crippen molar-refractivity contribution in [2.75, 3.05) is 0 Å². The number of H-pyrrole nitrogens is 1. The summed E-state index contributed by atoms with van der Waals surface area (Å²) in [5.74, 6) is 0.180. The monoisotopic (exact) mass is 272 g/mol. The van der Waals surface area contributed by atoms with E-state index in [1.54, 1.807) is 0 Å². The van der Waals surface area contributed by atoms with Crippen LogP contribution in [-0.4, -0.2) is 21.0 Å². The number of carboxylic acid groups (broad SMARTS) is 1. The third kappa shape index (κ3) is 2.39. The molecule has 2 aromatic rings. The van der Waals surface area contributed by atoms with Gasteiger partial charge in [-0.25, -0.2) is 4.98 Å². The molecule has 104 valence electrons. The average Bonchev–Trinajstić information content (AvgIpc) is 2.97. The lowest BCUT2D eigenvalue weighted by Gasteiger charge is -2.05. The first-order chi connectivity index (χ1) is 9.63. The number of rotatable bonds is 4. The maximum Gasteiger partial charge on any atom is 0.312 e. The number of aromatic nitrogens is 2. The molecular formula is C15H16N2O3. The molecule has 1 atom stereocenters. The van der Waals surface area contributed by atoms with Crippen LogP contribution in [0.5, 0.6) is 5.75 Å². The summed E-state index contributed by atoms with van der Waals surface area (Å²) in [6.07, 6.45) is 1.37. The molecule has 5 nitrogen and oxygen atoms in total. The third-order valence-corrected chi connectivity index (χ3v) is 3.57. The van der Waals surface area contributed by atoms with Crippen LogP contribution in [0.1, 0.15) is 35.1 Å². The third-order valence-electron chi connectivity index (χ3n) is 3.57. The van der Waals surface area contributed by atoms with Crippen molar-refractivity contribution in [3.63, 3.8) is 0 Å². The Hall–Kier alpha value is -2.30. The molecule has 1 aromatic carbocycles. The highest BCUT2D eigenvalue weighted by atomic mass is 16.5. The molecule has 0 bridgehead atoms. The normalized spacial score (nSPS) is 16.9. The van der Waals surface area contributed by atoms with Crippen LogP contribution < -0.4 is 4.74 Å². The van der Waals surface area contributed by atoms with Crippen LogP contribution in [0, 0.1) is 6.92 Å². The molecule has 1 aliphatic carbocycles. The van der Waals surface area contributed by atoms with Crippen molar-refractivity contribution in [1.29, 1.82) is 0 Å². The molecular weight excluding hydrogens is 256 g/mol. The van der Waals surface area contributed by atoms with E-state index in [2.05, 4.69) is 9.97 Å². The summed E-state index contributed by atoms with van der Waals surface area (Å²) in [5, 5.41) is 9.12. The predicted octanol–water partition coefficient (Wildman–Crippen LogP) is 2.41. The van der Waals surface area contributed by atoms with E-state index in [1.165, 1.54) is 5.56 Å². The van der Waals surface area contributed by atoms with Gasteiger partial charge in [-0.2, -0.15) is 0 Å². The molecule has 0 saturated heterocycles. The van der Waals surface area contributed by atoms with E-state index < -0.39 is 11.9 Å². The van der Waals surface area contributed by atoms with Crippen molar-refractivity contribution in [3.8, 4) is 5.75 Å². The zero-order valence-corrected chi connectivity index (χ0v) is 11.2. The second kappa shape index (κ2) is 5.00. The average molecular weight is 272 g/mol. The number of aliphatic carboxylic acids is 1. The predicted molar refractivity (Wildman–Crippen MR) is 72.8 cm³/mol.